The summed E-state index contributed by atoms with van der Waals surface area (Å²) < 4.78 is 8.75. The second-order valence-corrected chi connectivity index (χ2v) is 6.28. The fourth-order valence-electron chi connectivity index (χ4n) is 2.23. The number of hydrogen-bond donors (Lipinski definition) is 1. The first-order valence-corrected chi connectivity index (χ1v) is 8.16. The summed E-state index contributed by atoms with van der Waals surface area (Å²) in [6.07, 6.45) is 2.08. The van der Waals surface area contributed by atoms with Gasteiger partial charge < -0.3 is 10.1 Å². The summed E-state index contributed by atoms with van der Waals surface area (Å²) in [7, 11) is 1.37. The summed E-state index contributed by atoms with van der Waals surface area (Å²) in [4.78, 5) is 16.4. The summed E-state index contributed by atoms with van der Waals surface area (Å²) in [5.74, 6) is -0.0310. The molecule has 0 aliphatic heterocycles. The average Bonchev–Trinajstić information content (AvgIpc) is 3.35. The van der Waals surface area contributed by atoms with Crippen LogP contribution in [-0.4, -0.2) is 22.4 Å². The predicted molar refractivity (Wildman–Crippen MR) is 86.7 cm³/mol. The van der Waals surface area contributed by atoms with Crippen molar-refractivity contribution in [1.82, 2.24) is 9.36 Å². The number of hydrogen-bond acceptors (Lipinski definition) is 7. The average molecular weight is 349 g/mol. The highest BCUT2D eigenvalue weighted by atomic mass is 35.5. The number of nitrogens with zero attached hydrogens (tertiary/aromatic N) is 3. The molecular weight excluding hydrogens is 336 g/mol. The van der Waals surface area contributed by atoms with Crippen molar-refractivity contribution in [2.45, 2.75) is 25.3 Å². The maximum absolute atomic E-state index is 11.8. The highest BCUT2D eigenvalue weighted by Gasteiger charge is 2.30. The van der Waals surface area contributed by atoms with Crippen LogP contribution >= 0.6 is 23.1 Å². The molecule has 1 fully saturated rings. The van der Waals surface area contributed by atoms with Gasteiger partial charge >= 0.3 is 5.97 Å². The van der Waals surface area contributed by atoms with Crippen molar-refractivity contribution >= 4 is 34.1 Å². The monoisotopic (exact) mass is 348 g/mol. The Morgan fingerprint density at radius 2 is 2.35 bits per heavy atom. The van der Waals surface area contributed by atoms with Gasteiger partial charge in [0.25, 0.3) is 0 Å². The molecule has 0 amide bonds. The SMILES string of the molecule is COC(=O)c1ccc(CNc2snc(Cl)c2C#N)nc1C1CC1. The van der Waals surface area contributed by atoms with Gasteiger partial charge in [0.2, 0.25) is 0 Å². The number of methoxy groups -OCH3 is 1. The molecule has 0 bridgehead atoms. The van der Waals surface area contributed by atoms with E-state index in [1.807, 2.05) is 6.07 Å². The van der Waals surface area contributed by atoms with E-state index in [9.17, 15) is 4.79 Å². The highest BCUT2D eigenvalue weighted by Crippen LogP contribution is 2.41. The van der Waals surface area contributed by atoms with E-state index in [4.69, 9.17) is 21.6 Å². The fraction of sp³-hybridized carbons (Fsp3) is 0.333. The van der Waals surface area contributed by atoms with E-state index in [-0.39, 0.29) is 11.1 Å². The number of nitrogens with one attached hydrogen (secondary N) is 1. The molecule has 118 valence electrons. The van der Waals surface area contributed by atoms with E-state index in [1.54, 1.807) is 12.1 Å². The van der Waals surface area contributed by atoms with Crippen molar-refractivity contribution in [1.29, 1.82) is 5.26 Å². The van der Waals surface area contributed by atoms with Crippen LogP contribution in [0.5, 0.6) is 0 Å². The van der Waals surface area contributed by atoms with Gasteiger partial charge in [-0.05, 0) is 36.5 Å². The van der Waals surface area contributed by atoms with Crippen molar-refractivity contribution in [2.24, 2.45) is 0 Å². The lowest BCUT2D eigenvalue weighted by Gasteiger charge is -2.09. The van der Waals surface area contributed by atoms with Gasteiger partial charge in [0.05, 0.1) is 30.6 Å². The zero-order chi connectivity index (χ0) is 16.4. The number of carbonyl (C=O) groups excluding carboxylic acids is 1. The van der Waals surface area contributed by atoms with Crippen LogP contribution in [0.1, 0.15) is 46.1 Å². The van der Waals surface area contributed by atoms with Gasteiger partial charge in [0.15, 0.2) is 5.15 Å². The third kappa shape index (κ3) is 3.28. The molecule has 0 atom stereocenters. The number of halogens is 1. The van der Waals surface area contributed by atoms with Crippen molar-refractivity contribution in [2.75, 3.05) is 12.4 Å². The molecule has 1 aliphatic carbocycles. The van der Waals surface area contributed by atoms with Gasteiger partial charge in [0.1, 0.15) is 16.6 Å². The molecule has 8 heteroatoms. The minimum Gasteiger partial charge on any atom is -0.465 e. The quantitative estimate of drug-likeness (QED) is 0.834. The topological polar surface area (TPSA) is 87.9 Å². The summed E-state index contributed by atoms with van der Waals surface area (Å²) in [5.41, 5.74) is 2.44. The van der Waals surface area contributed by atoms with Gasteiger partial charge in [-0.1, -0.05) is 11.6 Å². The molecule has 0 saturated heterocycles. The van der Waals surface area contributed by atoms with E-state index in [2.05, 4.69) is 14.7 Å². The zero-order valence-electron chi connectivity index (χ0n) is 12.3. The van der Waals surface area contributed by atoms with E-state index < -0.39 is 0 Å². The molecule has 2 aromatic rings. The lowest BCUT2D eigenvalue weighted by Crippen LogP contribution is -2.10. The molecule has 2 aromatic heterocycles. The number of nitriles is 1. The van der Waals surface area contributed by atoms with Crippen LogP contribution < -0.4 is 5.32 Å². The summed E-state index contributed by atoms with van der Waals surface area (Å²) in [5, 5.41) is 13.0. The second-order valence-electron chi connectivity index (χ2n) is 5.14. The number of pyridine rings is 1. The molecule has 0 spiro atoms. The lowest BCUT2D eigenvalue weighted by molar-refractivity contribution is 0.0599. The Morgan fingerprint density at radius 1 is 1.57 bits per heavy atom. The first-order valence-electron chi connectivity index (χ1n) is 7.01. The van der Waals surface area contributed by atoms with Gasteiger partial charge in [-0.25, -0.2) is 4.79 Å². The highest BCUT2D eigenvalue weighted by molar-refractivity contribution is 7.10. The molecule has 0 unspecified atom stereocenters. The van der Waals surface area contributed by atoms with Crippen molar-refractivity contribution in [3.63, 3.8) is 0 Å². The molecule has 3 rings (SSSR count). The van der Waals surface area contributed by atoms with Crippen molar-refractivity contribution in [3.8, 4) is 6.07 Å². The molecule has 23 heavy (non-hydrogen) atoms. The van der Waals surface area contributed by atoms with Crippen LogP contribution in [0.25, 0.3) is 0 Å². The molecule has 0 aromatic carbocycles. The normalized spacial score (nSPS) is 13.4. The van der Waals surface area contributed by atoms with Crippen LogP contribution in [0, 0.1) is 11.3 Å². The zero-order valence-corrected chi connectivity index (χ0v) is 13.9. The minimum absolute atomic E-state index is 0.202. The van der Waals surface area contributed by atoms with E-state index in [0.717, 1.165) is 35.8 Å². The number of carbonyl (C=O) groups is 1. The first kappa shape index (κ1) is 15.7. The van der Waals surface area contributed by atoms with Crippen LogP contribution in [-0.2, 0) is 11.3 Å². The van der Waals surface area contributed by atoms with E-state index in [0.29, 0.717) is 28.6 Å². The fourth-order valence-corrected chi connectivity index (χ4v) is 3.15. The maximum atomic E-state index is 11.8. The number of anilines is 1. The summed E-state index contributed by atoms with van der Waals surface area (Å²) in [6.45, 7) is 0.425. The molecular formula is C15H13ClN4O2S. The number of esters is 1. The van der Waals surface area contributed by atoms with Crippen molar-refractivity contribution in [3.05, 3.63) is 39.8 Å². The van der Waals surface area contributed by atoms with Gasteiger partial charge in [-0.15, -0.1) is 0 Å². The lowest BCUT2D eigenvalue weighted by atomic mass is 10.1. The Balaban J connectivity index is 1.80. The van der Waals surface area contributed by atoms with Crippen molar-refractivity contribution < 1.29 is 9.53 Å². The molecule has 6 nitrogen and oxygen atoms in total. The van der Waals surface area contributed by atoms with Gasteiger partial charge in [0, 0.05) is 5.92 Å². The molecule has 1 N–H and O–H groups in total. The Morgan fingerprint density at radius 3 is 3.00 bits per heavy atom. The molecule has 1 saturated carbocycles. The standard InChI is InChI=1S/C15H13ClN4O2S/c1-22-15(21)10-5-4-9(19-12(10)8-2-3-8)7-18-14-11(6-17)13(16)20-23-14/h4-5,8,18H,2-3,7H2,1H3. The van der Waals surface area contributed by atoms with Crippen LogP contribution in [0.2, 0.25) is 5.15 Å². The minimum atomic E-state index is -0.361. The maximum Gasteiger partial charge on any atom is 0.339 e. The third-order valence-corrected chi connectivity index (χ3v) is 4.72. The number of aromatic nitrogens is 2. The summed E-state index contributed by atoms with van der Waals surface area (Å²) in [6, 6.07) is 5.55. The Bertz CT molecular complexity index is 795. The number of ether oxygens (including phenoxy) is 1. The molecule has 0 radical (unpaired) electrons. The number of rotatable bonds is 5. The third-order valence-electron chi connectivity index (χ3n) is 3.54. The van der Waals surface area contributed by atoms with Gasteiger partial charge in [-0.3, -0.25) is 4.98 Å². The molecule has 1 aliphatic rings. The Labute approximate surface area is 142 Å². The molecule has 2 heterocycles. The van der Waals surface area contributed by atoms with Crippen LogP contribution in [0.3, 0.4) is 0 Å². The van der Waals surface area contributed by atoms with Crippen LogP contribution in [0.4, 0.5) is 5.00 Å². The largest absolute Gasteiger partial charge is 0.465 e. The Hall–Kier alpha value is -2.17. The summed E-state index contributed by atoms with van der Waals surface area (Å²) >= 11 is 6.98. The first-order chi connectivity index (χ1) is 11.1. The van der Waals surface area contributed by atoms with Gasteiger partial charge in [-0.2, -0.15) is 9.64 Å². The smallest absolute Gasteiger partial charge is 0.339 e. The van der Waals surface area contributed by atoms with E-state index in [1.165, 1.54) is 7.11 Å². The van der Waals surface area contributed by atoms with Crippen LogP contribution in [0.15, 0.2) is 12.1 Å². The van der Waals surface area contributed by atoms with E-state index >= 15 is 0 Å². The Kier molecular flexibility index (Phi) is 4.46. The second kappa shape index (κ2) is 6.52. The predicted octanol–water partition coefficient (Wildman–Crippen LogP) is 3.34.